The number of amides is 1. The standard InChI is InChI=1S/C28H25ClN2O4/c1-17-27(31-28(34)35-18(2)23-5-3-4-6-25(23)29)24(16-30-17)22-13-11-21(12-14-22)20-9-7-19(8-10-20)15-26(32)33/h3-14,18H,15-16H2,1-2H3,(H,31,34)(H,32,33). The van der Waals surface area contributed by atoms with Gasteiger partial charge in [0.05, 0.1) is 24.4 Å². The maximum atomic E-state index is 12.6. The number of nitrogens with one attached hydrogen (secondary N) is 1. The minimum atomic E-state index is -0.851. The number of carboxylic acids is 1. The average Bonchev–Trinajstić information content (AvgIpc) is 3.19. The lowest BCUT2D eigenvalue weighted by Crippen LogP contribution is -2.28. The van der Waals surface area contributed by atoms with Crippen LogP contribution >= 0.6 is 11.6 Å². The molecule has 1 aliphatic rings. The molecular weight excluding hydrogens is 464 g/mol. The molecular formula is C28H25ClN2O4. The number of hydrogen-bond acceptors (Lipinski definition) is 4. The summed E-state index contributed by atoms with van der Waals surface area (Å²) in [4.78, 5) is 28.0. The van der Waals surface area contributed by atoms with Gasteiger partial charge >= 0.3 is 12.1 Å². The smallest absolute Gasteiger partial charge is 0.412 e. The Balaban J connectivity index is 1.48. The van der Waals surface area contributed by atoms with Crippen molar-refractivity contribution in [1.82, 2.24) is 5.32 Å². The Morgan fingerprint density at radius 1 is 1.00 bits per heavy atom. The first-order valence-corrected chi connectivity index (χ1v) is 11.6. The lowest BCUT2D eigenvalue weighted by atomic mass is 9.98. The summed E-state index contributed by atoms with van der Waals surface area (Å²) in [7, 11) is 0. The number of nitrogens with zero attached hydrogens (tertiary/aromatic N) is 1. The first-order valence-electron chi connectivity index (χ1n) is 11.2. The Labute approximate surface area is 208 Å². The largest absolute Gasteiger partial charge is 0.481 e. The number of aliphatic carboxylic acids is 1. The van der Waals surface area contributed by atoms with Crippen molar-refractivity contribution in [3.63, 3.8) is 0 Å². The normalized spacial score (nSPS) is 13.9. The van der Waals surface area contributed by atoms with Crippen molar-refractivity contribution in [2.45, 2.75) is 26.4 Å². The number of rotatable bonds is 7. The Kier molecular flexibility index (Phi) is 7.32. The molecule has 0 radical (unpaired) electrons. The molecule has 1 amide bonds. The van der Waals surface area contributed by atoms with Gasteiger partial charge in [-0.15, -0.1) is 0 Å². The highest BCUT2D eigenvalue weighted by Crippen LogP contribution is 2.29. The molecule has 6 nitrogen and oxygen atoms in total. The van der Waals surface area contributed by atoms with Gasteiger partial charge in [-0.2, -0.15) is 0 Å². The van der Waals surface area contributed by atoms with E-state index >= 15 is 0 Å². The second kappa shape index (κ2) is 10.6. The molecule has 1 aliphatic heterocycles. The zero-order valence-corrected chi connectivity index (χ0v) is 20.2. The summed E-state index contributed by atoms with van der Waals surface area (Å²) >= 11 is 6.22. The number of alkyl carbamates (subject to hydrolysis) is 1. The molecule has 178 valence electrons. The van der Waals surface area contributed by atoms with Crippen LogP contribution in [-0.2, 0) is 16.0 Å². The van der Waals surface area contributed by atoms with E-state index in [2.05, 4.69) is 10.3 Å². The lowest BCUT2D eigenvalue weighted by Gasteiger charge is -2.17. The summed E-state index contributed by atoms with van der Waals surface area (Å²) in [5.74, 6) is -0.851. The molecule has 7 heteroatoms. The van der Waals surface area contributed by atoms with Crippen LogP contribution in [-0.4, -0.2) is 29.4 Å². The zero-order valence-electron chi connectivity index (χ0n) is 19.4. The molecule has 1 unspecified atom stereocenters. The van der Waals surface area contributed by atoms with E-state index in [9.17, 15) is 9.59 Å². The minimum absolute atomic E-state index is 0.00208. The molecule has 0 aromatic heterocycles. The van der Waals surface area contributed by atoms with E-state index in [0.717, 1.165) is 39.1 Å². The topological polar surface area (TPSA) is 88.0 Å². The third-order valence-electron chi connectivity index (χ3n) is 5.87. The number of benzene rings is 3. The van der Waals surface area contributed by atoms with Gasteiger partial charge in [-0.3, -0.25) is 15.1 Å². The molecule has 0 saturated heterocycles. The van der Waals surface area contributed by atoms with Gasteiger partial charge in [0.2, 0.25) is 0 Å². The summed E-state index contributed by atoms with van der Waals surface area (Å²) < 4.78 is 5.56. The maximum absolute atomic E-state index is 12.6. The predicted molar refractivity (Wildman–Crippen MR) is 138 cm³/mol. The van der Waals surface area contributed by atoms with Crippen LogP contribution in [0, 0.1) is 0 Å². The van der Waals surface area contributed by atoms with E-state index in [4.69, 9.17) is 21.4 Å². The molecule has 0 saturated carbocycles. The van der Waals surface area contributed by atoms with Crippen molar-refractivity contribution in [2.75, 3.05) is 6.54 Å². The van der Waals surface area contributed by atoms with Gasteiger partial charge in [0.1, 0.15) is 6.10 Å². The molecule has 1 heterocycles. The number of hydrogen-bond donors (Lipinski definition) is 2. The summed E-state index contributed by atoms with van der Waals surface area (Å²) in [5, 5.41) is 12.3. The van der Waals surface area contributed by atoms with Crippen LogP contribution in [0.5, 0.6) is 0 Å². The maximum Gasteiger partial charge on any atom is 0.412 e. The number of carboxylic acid groups (broad SMARTS) is 1. The zero-order chi connectivity index (χ0) is 24.9. The van der Waals surface area contributed by atoms with Crippen LogP contribution in [0.15, 0.2) is 83.5 Å². The first-order chi connectivity index (χ1) is 16.8. The van der Waals surface area contributed by atoms with Crippen molar-refractivity contribution >= 4 is 34.9 Å². The van der Waals surface area contributed by atoms with Crippen molar-refractivity contribution in [2.24, 2.45) is 4.99 Å². The van der Waals surface area contributed by atoms with E-state index in [1.165, 1.54) is 0 Å². The number of halogens is 1. The first kappa shape index (κ1) is 24.2. The highest BCUT2D eigenvalue weighted by molar-refractivity contribution is 6.31. The van der Waals surface area contributed by atoms with Gasteiger partial charge in [-0.1, -0.05) is 78.3 Å². The van der Waals surface area contributed by atoms with E-state index < -0.39 is 18.2 Å². The summed E-state index contributed by atoms with van der Waals surface area (Å²) in [6.45, 7) is 4.09. The minimum Gasteiger partial charge on any atom is -0.481 e. The molecule has 0 fully saturated rings. The SMILES string of the molecule is CC1=NCC(c2ccc(-c3ccc(CC(=O)O)cc3)cc2)=C1NC(=O)OC(C)c1ccccc1Cl. The number of allylic oxidation sites excluding steroid dienone is 1. The fraction of sp³-hybridized carbons (Fsp3) is 0.179. The Morgan fingerprint density at radius 2 is 1.60 bits per heavy atom. The molecule has 2 N–H and O–H groups in total. The monoisotopic (exact) mass is 488 g/mol. The van der Waals surface area contributed by atoms with Crippen molar-refractivity contribution in [3.8, 4) is 11.1 Å². The van der Waals surface area contributed by atoms with Crippen LogP contribution in [0.2, 0.25) is 5.02 Å². The van der Waals surface area contributed by atoms with Crippen LogP contribution in [0.3, 0.4) is 0 Å². The fourth-order valence-corrected chi connectivity index (χ4v) is 4.28. The highest BCUT2D eigenvalue weighted by atomic mass is 35.5. The quantitative estimate of drug-likeness (QED) is 0.408. The van der Waals surface area contributed by atoms with E-state index in [-0.39, 0.29) is 6.42 Å². The van der Waals surface area contributed by atoms with Gasteiger partial charge in [0.15, 0.2) is 0 Å². The van der Waals surface area contributed by atoms with Crippen molar-refractivity contribution in [1.29, 1.82) is 0 Å². The Hall–Kier alpha value is -3.90. The fourth-order valence-electron chi connectivity index (χ4n) is 3.99. The molecule has 4 rings (SSSR count). The number of aliphatic imine (C=N–C) groups is 1. The molecule has 1 atom stereocenters. The number of ether oxygens (including phenoxy) is 1. The average molecular weight is 489 g/mol. The molecule has 0 spiro atoms. The van der Waals surface area contributed by atoms with Crippen molar-refractivity contribution in [3.05, 3.63) is 100 Å². The van der Waals surface area contributed by atoms with E-state index in [1.54, 1.807) is 13.0 Å². The van der Waals surface area contributed by atoms with Crippen LogP contribution in [0.1, 0.15) is 36.6 Å². The summed E-state index contributed by atoms with van der Waals surface area (Å²) in [6.07, 6.45) is -1.07. The second-order valence-electron chi connectivity index (χ2n) is 8.29. The van der Waals surface area contributed by atoms with E-state index in [1.807, 2.05) is 73.7 Å². The molecule has 0 aliphatic carbocycles. The third kappa shape index (κ3) is 5.78. The number of carbonyl (C=O) groups is 2. The van der Waals surface area contributed by atoms with Gasteiger partial charge < -0.3 is 9.84 Å². The summed E-state index contributed by atoms with van der Waals surface area (Å²) in [6, 6.07) is 22.7. The van der Waals surface area contributed by atoms with Crippen molar-refractivity contribution < 1.29 is 19.4 Å². The van der Waals surface area contributed by atoms with E-state index in [0.29, 0.717) is 17.3 Å². The second-order valence-corrected chi connectivity index (χ2v) is 8.70. The molecule has 0 bridgehead atoms. The van der Waals surface area contributed by atoms with Gasteiger partial charge in [0.25, 0.3) is 0 Å². The molecule has 35 heavy (non-hydrogen) atoms. The van der Waals surface area contributed by atoms with Crippen LogP contribution in [0.25, 0.3) is 16.7 Å². The van der Waals surface area contributed by atoms with Gasteiger partial charge in [-0.05, 0) is 42.2 Å². The molecule has 3 aromatic rings. The summed E-state index contributed by atoms with van der Waals surface area (Å²) in [5.41, 5.74) is 6.74. The lowest BCUT2D eigenvalue weighted by molar-refractivity contribution is -0.136. The van der Waals surface area contributed by atoms with Gasteiger partial charge in [-0.25, -0.2) is 4.79 Å². The predicted octanol–water partition coefficient (Wildman–Crippen LogP) is 6.31. The number of carbonyl (C=O) groups excluding carboxylic acids is 1. The Bertz CT molecular complexity index is 1310. The Morgan fingerprint density at radius 3 is 2.23 bits per heavy atom. The van der Waals surface area contributed by atoms with Crippen LogP contribution in [0.4, 0.5) is 4.79 Å². The van der Waals surface area contributed by atoms with Gasteiger partial charge in [0, 0.05) is 16.2 Å². The highest BCUT2D eigenvalue weighted by Gasteiger charge is 2.22. The molecule has 3 aromatic carbocycles. The van der Waals surface area contributed by atoms with Crippen LogP contribution < -0.4 is 5.32 Å². The third-order valence-corrected chi connectivity index (χ3v) is 6.21.